The van der Waals surface area contributed by atoms with Crippen LogP contribution in [0.5, 0.6) is 0 Å². The minimum absolute atomic E-state index is 0.00870. The Morgan fingerprint density at radius 3 is 2.78 bits per heavy atom. The number of imide groups is 1. The molecule has 1 saturated heterocycles. The topological polar surface area (TPSA) is 87.0 Å². The van der Waals surface area contributed by atoms with Gasteiger partial charge in [0.2, 0.25) is 5.91 Å². The molecule has 3 aromatic rings. The molecule has 1 atom stereocenters. The molecule has 0 saturated carbocycles. The molecule has 0 N–H and O–H groups in total. The summed E-state index contributed by atoms with van der Waals surface area (Å²) in [6.45, 7) is 1.68. The van der Waals surface area contributed by atoms with E-state index >= 15 is 0 Å². The van der Waals surface area contributed by atoms with Crippen molar-refractivity contribution < 1.29 is 23.3 Å². The van der Waals surface area contributed by atoms with Gasteiger partial charge in [-0.2, -0.15) is 0 Å². The minimum atomic E-state index is -0.349. The van der Waals surface area contributed by atoms with E-state index in [1.807, 2.05) is 11.0 Å². The number of piperidine rings is 1. The molecule has 1 aromatic heterocycles. The zero-order chi connectivity index (χ0) is 25.2. The third-order valence-electron chi connectivity index (χ3n) is 6.87. The Morgan fingerprint density at radius 1 is 1.17 bits per heavy atom. The highest BCUT2D eigenvalue weighted by atomic mass is 19.1. The molecule has 2 aromatic carbocycles. The summed E-state index contributed by atoms with van der Waals surface area (Å²) < 4.78 is 18.4. The maximum Gasteiger partial charge on any atom is 0.263 e. The number of carbonyl (C=O) groups excluding carboxylic acids is 3. The van der Waals surface area contributed by atoms with Gasteiger partial charge in [0.1, 0.15) is 17.8 Å². The van der Waals surface area contributed by atoms with Crippen LogP contribution < -0.4 is 4.90 Å². The lowest BCUT2D eigenvalue weighted by Gasteiger charge is -2.36. The fraction of sp³-hybridized carbons (Fsp3) is 0.333. The number of carbonyl (C=O) groups is 3. The molecule has 0 bridgehead atoms. The highest BCUT2D eigenvalue weighted by Gasteiger charge is 2.39. The van der Waals surface area contributed by atoms with E-state index in [-0.39, 0.29) is 36.0 Å². The quantitative estimate of drug-likeness (QED) is 0.471. The highest BCUT2D eigenvalue weighted by Crippen LogP contribution is 2.34. The molecule has 1 unspecified atom stereocenters. The standard InChI is InChI=1S/C27H27FN4O4/c1-30(17-21-11-14-36-29-21)25(33)19-6-4-12-31(16-19)23-9-3-8-22-24(23)27(35)32(26(22)34)13-10-18-5-2-7-20(28)15-18/h2-3,5,7-9,11,14-15,19H,4,6,10,12-13,16-17H2,1H3. The molecule has 36 heavy (non-hydrogen) atoms. The van der Waals surface area contributed by atoms with Crippen molar-refractivity contribution in [2.24, 2.45) is 5.92 Å². The van der Waals surface area contributed by atoms with Crippen LogP contribution in [0.4, 0.5) is 10.1 Å². The number of hydrogen-bond acceptors (Lipinski definition) is 6. The van der Waals surface area contributed by atoms with E-state index in [0.29, 0.717) is 48.6 Å². The normalized spacial score (nSPS) is 17.4. The predicted octanol–water partition coefficient (Wildman–Crippen LogP) is 3.53. The zero-order valence-electron chi connectivity index (χ0n) is 20.0. The number of hydrogen-bond donors (Lipinski definition) is 0. The van der Waals surface area contributed by atoms with Gasteiger partial charge in [-0.1, -0.05) is 23.4 Å². The van der Waals surface area contributed by atoms with E-state index in [1.54, 1.807) is 42.3 Å². The summed E-state index contributed by atoms with van der Waals surface area (Å²) in [5.41, 5.74) is 2.83. The average Bonchev–Trinajstić information content (AvgIpc) is 3.48. The van der Waals surface area contributed by atoms with Crippen molar-refractivity contribution in [1.82, 2.24) is 15.0 Å². The lowest BCUT2D eigenvalue weighted by atomic mass is 9.95. The first kappa shape index (κ1) is 23.7. The predicted molar refractivity (Wildman–Crippen MR) is 130 cm³/mol. The van der Waals surface area contributed by atoms with Crippen LogP contribution in [0.15, 0.2) is 59.3 Å². The number of fused-ring (bicyclic) bond motifs is 1. The maximum absolute atomic E-state index is 13.5. The molecule has 186 valence electrons. The Labute approximate surface area is 208 Å². The van der Waals surface area contributed by atoms with Gasteiger partial charge < -0.3 is 14.3 Å². The summed E-state index contributed by atoms with van der Waals surface area (Å²) in [6.07, 6.45) is 3.39. The van der Waals surface area contributed by atoms with E-state index in [9.17, 15) is 18.8 Å². The van der Waals surface area contributed by atoms with Crippen molar-refractivity contribution in [3.8, 4) is 0 Å². The van der Waals surface area contributed by atoms with Crippen molar-refractivity contribution in [2.75, 3.05) is 31.6 Å². The van der Waals surface area contributed by atoms with Crippen molar-refractivity contribution in [3.05, 3.63) is 83.0 Å². The summed E-state index contributed by atoms with van der Waals surface area (Å²) in [5, 5.41) is 3.87. The van der Waals surface area contributed by atoms with Crippen molar-refractivity contribution in [1.29, 1.82) is 0 Å². The van der Waals surface area contributed by atoms with Gasteiger partial charge in [-0.15, -0.1) is 0 Å². The molecule has 3 amide bonds. The number of amides is 3. The van der Waals surface area contributed by atoms with Gasteiger partial charge in [-0.25, -0.2) is 4.39 Å². The SMILES string of the molecule is CN(Cc1ccon1)C(=O)C1CCCN(c2cccc3c2C(=O)N(CCc2cccc(F)c2)C3=O)C1. The van der Waals surface area contributed by atoms with E-state index in [2.05, 4.69) is 5.16 Å². The molecule has 8 nitrogen and oxygen atoms in total. The maximum atomic E-state index is 13.5. The van der Waals surface area contributed by atoms with E-state index < -0.39 is 0 Å². The highest BCUT2D eigenvalue weighted by molar-refractivity contribution is 6.23. The lowest BCUT2D eigenvalue weighted by Crippen LogP contribution is -2.44. The molecule has 1 fully saturated rings. The van der Waals surface area contributed by atoms with Gasteiger partial charge in [0.25, 0.3) is 11.8 Å². The fourth-order valence-corrected chi connectivity index (χ4v) is 5.06. The Balaban J connectivity index is 1.31. The summed E-state index contributed by atoms with van der Waals surface area (Å²) in [6, 6.07) is 13.2. The average molecular weight is 491 g/mol. The molecule has 2 aliphatic rings. The Bertz CT molecular complexity index is 1290. The second-order valence-corrected chi connectivity index (χ2v) is 9.31. The van der Waals surface area contributed by atoms with Crippen molar-refractivity contribution in [2.45, 2.75) is 25.8 Å². The molecule has 0 aliphatic carbocycles. The summed E-state index contributed by atoms with van der Waals surface area (Å²) in [5.74, 6) is -1.26. The van der Waals surface area contributed by atoms with Crippen LogP contribution in [0.2, 0.25) is 0 Å². The number of benzene rings is 2. The van der Waals surface area contributed by atoms with Gasteiger partial charge in [0, 0.05) is 32.7 Å². The van der Waals surface area contributed by atoms with Gasteiger partial charge in [-0.05, 0) is 49.1 Å². The van der Waals surface area contributed by atoms with E-state index in [0.717, 1.165) is 18.4 Å². The van der Waals surface area contributed by atoms with Gasteiger partial charge in [-0.3, -0.25) is 19.3 Å². The first-order valence-electron chi connectivity index (χ1n) is 12.0. The second-order valence-electron chi connectivity index (χ2n) is 9.31. The van der Waals surface area contributed by atoms with Crippen LogP contribution in [0.25, 0.3) is 0 Å². The molecule has 0 spiro atoms. The van der Waals surface area contributed by atoms with Crippen LogP contribution in [-0.2, 0) is 17.8 Å². The first-order valence-corrected chi connectivity index (χ1v) is 12.0. The fourth-order valence-electron chi connectivity index (χ4n) is 5.06. The number of nitrogens with zero attached hydrogens (tertiary/aromatic N) is 4. The van der Waals surface area contributed by atoms with Crippen LogP contribution in [0.3, 0.4) is 0 Å². The van der Waals surface area contributed by atoms with E-state index in [1.165, 1.54) is 23.3 Å². The minimum Gasteiger partial charge on any atom is -0.370 e. The number of aromatic nitrogens is 1. The smallest absolute Gasteiger partial charge is 0.263 e. The third kappa shape index (κ3) is 4.60. The number of rotatable bonds is 7. The summed E-state index contributed by atoms with van der Waals surface area (Å²) in [4.78, 5) is 44.5. The lowest BCUT2D eigenvalue weighted by molar-refractivity contribution is -0.135. The van der Waals surface area contributed by atoms with Gasteiger partial charge >= 0.3 is 0 Å². The van der Waals surface area contributed by atoms with Crippen LogP contribution >= 0.6 is 0 Å². The Kier molecular flexibility index (Phi) is 6.54. The van der Waals surface area contributed by atoms with Gasteiger partial charge in [0.05, 0.1) is 29.3 Å². The summed E-state index contributed by atoms with van der Waals surface area (Å²) in [7, 11) is 1.74. The molecule has 5 rings (SSSR count). The van der Waals surface area contributed by atoms with Crippen LogP contribution in [0.1, 0.15) is 44.8 Å². The zero-order valence-corrected chi connectivity index (χ0v) is 20.0. The van der Waals surface area contributed by atoms with Crippen LogP contribution in [0, 0.1) is 11.7 Å². The summed E-state index contributed by atoms with van der Waals surface area (Å²) >= 11 is 0. The molecular weight excluding hydrogens is 463 g/mol. The van der Waals surface area contributed by atoms with E-state index in [4.69, 9.17) is 4.52 Å². The monoisotopic (exact) mass is 490 g/mol. The Hall–Kier alpha value is -4.01. The molecule has 2 aliphatic heterocycles. The number of anilines is 1. The van der Waals surface area contributed by atoms with Crippen molar-refractivity contribution >= 4 is 23.4 Å². The first-order chi connectivity index (χ1) is 17.4. The molecule has 9 heteroatoms. The number of halogens is 1. The second kappa shape index (κ2) is 9.93. The largest absolute Gasteiger partial charge is 0.370 e. The molecule has 3 heterocycles. The Morgan fingerprint density at radius 2 is 2.00 bits per heavy atom. The molecule has 0 radical (unpaired) electrons. The molecular formula is C27H27FN4O4. The van der Waals surface area contributed by atoms with Gasteiger partial charge in [0.15, 0.2) is 0 Å². The third-order valence-corrected chi connectivity index (χ3v) is 6.87. The van der Waals surface area contributed by atoms with Crippen LogP contribution in [-0.4, -0.2) is 59.4 Å². The van der Waals surface area contributed by atoms with Crippen molar-refractivity contribution in [3.63, 3.8) is 0 Å².